The summed E-state index contributed by atoms with van der Waals surface area (Å²) in [5.74, 6) is 0. The maximum atomic E-state index is 5.51. The van der Waals surface area contributed by atoms with Gasteiger partial charge in [-0.05, 0) is 18.7 Å². The van der Waals surface area contributed by atoms with Crippen molar-refractivity contribution >= 4 is 0 Å². The minimum atomic E-state index is 0.471. The molecule has 1 aliphatic rings. The molecule has 0 amide bonds. The topological polar surface area (TPSA) is 37.4 Å². The third kappa shape index (κ3) is 3.01. The molecular weight excluding hydrogens is 202 g/mol. The summed E-state index contributed by atoms with van der Waals surface area (Å²) in [5, 5.41) is 3.22. The first-order valence-electron chi connectivity index (χ1n) is 5.75. The number of nitrogens with one attached hydrogen (secondary N) is 1. The Hall–Kier alpha value is -0.970. The van der Waals surface area contributed by atoms with Crippen molar-refractivity contribution in [1.29, 1.82) is 0 Å². The molecule has 0 spiro atoms. The molecule has 1 N–H and O–H groups in total. The summed E-state index contributed by atoms with van der Waals surface area (Å²) in [5.41, 5.74) is 1.27. The first kappa shape index (κ1) is 11.5. The van der Waals surface area contributed by atoms with Crippen LogP contribution in [0.3, 0.4) is 0 Å². The summed E-state index contributed by atoms with van der Waals surface area (Å²) in [6, 6.07) is 4.58. The number of rotatable bonds is 4. The van der Waals surface area contributed by atoms with Crippen LogP contribution in [0.4, 0.5) is 0 Å². The van der Waals surface area contributed by atoms with E-state index in [-0.39, 0.29) is 0 Å². The van der Waals surface area contributed by atoms with Gasteiger partial charge in [0.2, 0.25) is 0 Å². The molecule has 1 aliphatic heterocycles. The molecule has 1 aromatic heterocycles. The number of aromatic nitrogens is 1. The average molecular weight is 221 g/mol. The first-order chi connectivity index (χ1) is 7.90. The molecule has 0 aliphatic carbocycles. The number of hydrogen-bond acceptors (Lipinski definition) is 4. The smallest absolute Gasteiger partial charge is 0.0635 e. The van der Waals surface area contributed by atoms with E-state index in [2.05, 4.69) is 21.3 Å². The van der Waals surface area contributed by atoms with E-state index in [9.17, 15) is 0 Å². The third-order valence-corrected chi connectivity index (χ3v) is 2.90. The molecule has 0 bridgehead atoms. The zero-order valence-electron chi connectivity index (χ0n) is 9.72. The Morgan fingerprint density at radius 3 is 3.31 bits per heavy atom. The van der Waals surface area contributed by atoms with Crippen molar-refractivity contribution in [1.82, 2.24) is 15.2 Å². The molecular formula is C12H19N3O. The summed E-state index contributed by atoms with van der Waals surface area (Å²) in [4.78, 5) is 6.60. The summed E-state index contributed by atoms with van der Waals surface area (Å²) in [6.07, 6.45) is 3.75. The lowest BCUT2D eigenvalue weighted by molar-refractivity contribution is -0.0103. The number of morpholine rings is 1. The van der Waals surface area contributed by atoms with Crippen molar-refractivity contribution in [2.24, 2.45) is 0 Å². The van der Waals surface area contributed by atoms with Gasteiger partial charge in [0.15, 0.2) is 0 Å². The molecule has 0 aromatic carbocycles. The molecule has 1 aromatic rings. The van der Waals surface area contributed by atoms with Gasteiger partial charge in [-0.15, -0.1) is 0 Å². The number of pyridine rings is 1. The van der Waals surface area contributed by atoms with E-state index in [0.717, 1.165) is 32.8 Å². The maximum Gasteiger partial charge on any atom is 0.0635 e. The van der Waals surface area contributed by atoms with Gasteiger partial charge in [-0.25, -0.2) is 0 Å². The fourth-order valence-corrected chi connectivity index (χ4v) is 2.05. The van der Waals surface area contributed by atoms with E-state index in [0.29, 0.717) is 6.04 Å². The van der Waals surface area contributed by atoms with E-state index in [1.54, 1.807) is 0 Å². The van der Waals surface area contributed by atoms with Crippen molar-refractivity contribution < 1.29 is 4.74 Å². The van der Waals surface area contributed by atoms with Gasteiger partial charge in [0, 0.05) is 38.1 Å². The second-order valence-electron chi connectivity index (χ2n) is 4.12. The average Bonchev–Trinajstić information content (AvgIpc) is 2.33. The van der Waals surface area contributed by atoms with Crippen LogP contribution in [0.5, 0.6) is 0 Å². The van der Waals surface area contributed by atoms with Gasteiger partial charge in [-0.1, -0.05) is 6.07 Å². The Balaban J connectivity index is 1.96. The lowest BCUT2D eigenvalue weighted by Crippen LogP contribution is -2.49. The van der Waals surface area contributed by atoms with E-state index >= 15 is 0 Å². The molecule has 1 fully saturated rings. The van der Waals surface area contributed by atoms with Crippen LogP contribution in [-0.2, 0) is 11.3 Å². The van der Waals surface area contributed by atoms with E-state index in [1.165, 1.54) is 5.56 Å². The molecule has 0 saturated carbocycles. The van der Waals surface area contributed by atoms with Crippen LogP contribution in [0, 0.1) is 0 Å². The minimum absolute atomic E-state index is 0.471. The highest BCUT2D eigenvalue weighted by atomic mass is 16.5. The van der Waals surface area contributed by atoms with E-state index < -0.39 is 0 Å². The van der Waals surface area contributed by atoms with Gasteiger partial charge in [0.1, 0.15) is 0 Å². The van der Waals surface area contributed by atoms with Gasteiger partial charge < -0.3 is 10.1 Å². The number of ether oxygens (including phenoxy) is 1. The Morgan fingerprint density at radius 2 is 2.56 bits per heavy atom. The number of hydrogen-bond donors (Lipinski definition) is 1. The zero-order chi connectivity index (χ0) is 11.2. The quantitative estimate of drug-likeness (QED) is 0.803. The largest absolute Gasteiger partial charge is 0.378 e. The van der Waals surface area contributed by atoms with Crippen molar-refractivity contribution in [3.05, 3.63) is 30.1 Å². The van der Waals surface area contributed by atoms with Gasteiger partial charge in [-0.2, -0.15) is 0 Å². The van der Waals surface area contributed by atoms with Crippen LogP contribution >= 0.6 is 0 Å². The molecule has 1 atom stereocenters. The summed E-state index contributed by atoms with van der Waals surface area (Å²) in [7, 11) is 1.98. The lowest BCUT2D eigenvalue weighted by atomic mass is 10.2. The molecule has 4 heteroatoms. The predicted molar refractivity (Wildman–Crippen MR) is 63.2 cm³/mol. The number of likely N-dealkylation sites (N-methyl/N-ethyl adjacent to an activating group) is 1. The second kappa shape index (κ2) is 5.94. The fraction of sp³-hybridized carbons (Fsp3) is 0.583. The standard InChI is InChI=1S/C12H19N3O/c1-13-8-12-10-16-6-5-15(12)9-11-3-2-4-14-7-11/h2-4,7,12-13H,5-6,8-10H2,1H3. The van der Waals surface area contributed by atoms with Crippen LogP contribution in [0.2, 0.25) is 0 Å². The molecule has 4 nitrogen and oxygen atoms in total. The minimum Gasteiger partial charge on any atom is -0.378 e. The predicted octanol–water partition coefficient (Wildman–Crippen LogP) is 0.502. The first-order valence-corrected chi connectivity index (χ1v) is 5.75. The van der Waals surface area contributed by atoms with Crippen molar-refractivity contribution in [2.45, 2.75) is 12.6 Å². The van der Waals surface area contributed by atoms with Crippen LogP contribution in [-0.4, -0.2) is 49.3 Å². The van der Waals surface area contributed by atoms with Crippen LogP contribution in [0.1, 0.15) is 5.56 Å². The zero-order valence-corrected chi connectivity index (χ0v) is 9.72. The van der Waals surface area contributed by atoms with Crippen molar-refractivity contribution in [3.63, 3.8) is 0 Å². The third-order valence-electron chi connectivity index (χ3n) is 2.90. The molecule has 0 radical (unpaired) electrons. The lowest BCUT2D eigenvalue weighted by Gasteiger charge is -2.35. The van der Waals surface area contributed by atoms with Gasteiger partial charge in [0.05, 0.1) is 13.2 Å². The molecule has 1 saturated heterocycles. The summed E-state index contributed by atoms with van der Waals surface area (Å²) in [6.45, 7) is 4.59. The highest BCUT2D eigenvalue weighted by Crippen LogP contribution is 2.11. The summed E-state index contributed by atoms with van der Waals surface area (Å²) < 4.78 is 5.51. The van der Waals surface area contributed by atoms with Crippen LogP contribution < -0.4 is 5.32 Å². The molecule has 1 unspecified atom stereocenters. The van der Waals surface area contributed by atoms with Gasteiger partial charge in [-0.3, -0.25) is 9.88 Å². The Kier molecular flexibility index (Phi) is 4.27. The molecule has 16 heavy (non-hydrogen) atoms. The van der Waals surface area contributed by atoms with Crippen molar-refractivity contribution in [2.75, 3.05) is 33.4 Å². The van der Waals surface area contributed by atoms with Crippen LogP contribution in [0.15, 0.2) is 24.5 Å². The maximum absolute atomic E-state index is 5.51. The molecule has 2 heterocycles. The highest BCUT2D eigenvalue weighted by Gasteiger charge is 2.22. The Bertz CT molecular complexity index is 302. The Labute approximate surface area is 96.6 Å². The molecule has 2 rings (SSSR count). The second-order valence-corrected chi connectivity index (χ2v) is 4.12. The Morgan fingerprint density at radius 1 is 1.62 bits per heavy atom. The fourth-order valence-electron chi connectivity index (χ4n) is 2.05. The normalized spacial score (nSPS) is 22.2. The van der Waals surface area contributed by atoms with Crippen LogP contribution in [0.25, 0.3) is 0 Å². The highest BCUT2D eigenvalue weighted by molar-refractivity contribution is 5.08. The SMILES string of the molecule is CNCC1COCCN1Cc1cccnc1. The monoisotopic (exact) mass is 221 g/mol. The number of nitrogens with zero attached hydrogens (tertiary/aromatic N) is 2. The summed E-state index contributed by atoms with van der Waals surface area (Å²) >= 11 is 0. The van der Waals surface area contributed by atoms with Gasteiger partial charge >= 0.3 is 0 Å². The van der Waals surface area contributed by atoms with E-state index in [4.69, 9.17) is 4.74 Å². The molecule has 88 valence electrons. The van der Waals surface area contributed by atoms with Crippen molar-refractivity contribution in [3.8, 4) is 0 Å². The van der Waals surface area contributed by atoms with Gasteiger partial charge in [0.25, 0.3) is 0 Å². The van der Waals surface area contributed by atoms with E-state index in [1.807, 2.05) is 25.5 Å².